The van der Waals surface area contributed by atoms with E-state index >= 15 is 0 Å². The highest BCUT2D eigenvalue weighted by Crippen LogP contribution is 2.37. The minimum atomic E-state index is -0.324. The van der Waals surface area contributed by atoms with Crippen LogP contribution in [-0.4, -0.2) is 36.5 Å². The lowest BCUT2D eigenvalue weighted by atomic mass is 9.97. The van der Waals surface area contributed by atoms with Gasteiger partial charge in [-0.05, 0) is 37.5 Å². The lowest BCUT2D eigenvalue weighted by Gasteiger charge is -2.34. The SMILES string of the molecule is CCOC(=O)C1CCCN(C(=O)C(Sc2ccccc2)c2ccccc2)C1. The molecule has 2 atom stereocenters. The summed E-state index contributed by atoms with van der Waals surface area (Å²) >= 11 is 1.56. The molecule has 3 rings (SSSR count). The molecule has 1 saturated heterocycles. The monoisotopic (exact) mass is 383 g/mol. The molecule has 2 aromatic rings. The number of carbonyl (C=O) groups excluding carboxylic acids is 2. The molecule has 1 fully saturated rings. The zero-order chi connectivity index (χ0) is 19.1. The van der Waals surface area contributed by atoms with Gasteiger partial charge >= 0.3 is 5.97 Å². The van der Waals surface area contributed by atoms with Gasteiger partial charge in [0.15, 0.2) is 0 Å². The van der Waals surface area contributed by atoms with E-state index in [4.69, 9.17) is 4.74 Å². The molecule has 0 N–H and O–H groups in total. The molecule has 0 radical (unpaired) electrons. The molecule has 1 amide bonds. The second kappa shape index (κ2) is 9.60. The third-order valence-corrected chi connectivity index (χ3v) is 5.93. The van der Waals surface area contributed by atoms with Gasteiger partial charge < -0.3 is 9.64 Å². The van der Waals surface area contributed by atoms with Gasteiger partial charge in [-0.1, -0.05) is 48.5 Å². The van der Waals surface area contributed by atoms with Crippen molar-refractivity contribution in [2.24, 2.45) is 5.92 Å². The van der Waals surface area contributed by atoms with Crippen LogP contribution in [0.25, 0.3) is 0 Å². The Bertz CT molecular complexity index is 751. The van der Waals surface area contributed by atoms with E-state index in [0.29, 0.717) is 19.7 Å². The molecule has 0 aliphatic carbocycles. The van der Waals surface area contributed by atoms with Crippen LogP contribution in [0.5, 0.6) is 0 Å². The van der Waals surface area contributed by atoms with E-state index in [1.165, 1.54) is 0 Å². The topological polar surface area (TPSA) is 46.6 Å². The van der Waals surface area contributed by atoms with E-state index in [1.807, 2.05) is 72.5 Å². The Morgan fingerprint density at radius 1 is 1.11 bits per heavy atom. The van der Waals surface area contributed by atoms with E-state index in [0.717, 1.165) is 23.3 Å². The molecular weight excluding hydrogens is 358 g/mol. The van der Waals surface area contributed by atoms with Gasteiger partial charge in [0.05, 0.1) is 12.5 Å². The largest absolute Gasteiger partial charge is 0.466 e. The van der Waals surface area contributed by atoms with Gasteiger partial charge in [-0.15, -0.1) is 11.8 Å². The number of amides is 1. The van der Waals surface area contributed by atoms with E-state index < -0.39 is 0 Å². The number of esters is 1. The number of nitrogens with zero attached hydrogens (tertiary/aromatic N) is 1. The minimum absolute atomic E-state index is 0.0593. The van der Waals surface area contributed by atoms with Crippen molar-refractivity contribution in [2.75, 3.05) is 19.7 Å². The molecule has 2 aromatic carbocycles. The van der Waals surface area contributed by atoms with Gasteiger partial charge in [0.1, 0.15) is 5.25 Å². The zero-order valence-electron chi connectivity index (χ0n) is 15.5. The summed E-state index contributed by atoms with van der Waals surface area (Å²) in [7, 11) is 0. The first-order valence-electron chi connectivity index (χ1n) is 9.41. The maximum absolute atomic E-state index is 13.4. The fourth-order valence-corrected chi connectivity index (χ4v) is 4.45. The van der Waals surface area contributed by atoms with Crippen LogP contribution in [0, 0.1) is 5.92 Å². The molecule has 27 heavy (non-hydrogen) atoms. The molecule has 4 nitrogen and oxygen atoms in total. The Morgan fingerprint density at radius 2 is 1.78 bits per heavy atom. The Labute approximate surface area is 164 Å². The Kier molecular flexibility index (Phi) is 6.93. The van der Waals surface area contributed by atoms with E-state index in [-0.39, 0.29) is 23.0 Å². The molecule has 1 heterocycles. The molecule has 0 aromatic heterocycles. The van der Waals surface area contributed by atoms with E-state index in [9.17, 15) is 9.59 Å². The summed E-state index contributed by atoms with van der Waals surface area (Å²) in [5, 5.41) is -0.324. The van der Waals surface area contributed by atoms with Gasteiger partial charge in [-0.3, -0.25) is 9.59 Å². The van der Waals surface area contributed by atoms with Crippen molar-refractivity contribution in [1.82, 2.24) is 4.90 Å². The van der Waals surface area contributed by atoms with Crippen molar-refractivity contribution in [3.63, 3.8) is 0 Å². The van der Waals surface area contributed by atoms with Crippen molar-refractivity contribution < 1.29 is 14.3 Å². The maximum atomic E-state index is 13.4. The van der Waals surface area contributed by atoms with Crippen LogP contribution < -0.4 is 0 Å². The summed E-state index contributed by atoms with van der Waals surface area (Å²) < 4.78 is 5.17. The number of thioether (sulfide) groups is 1. The maximum Gasteiger partial charge on any atom is 0.310 e. The van der Waals surface area contributed by atoms with Gasteiger partial charge in [-0.2, -0.15) is 0 Å². The number of benzene rings is 2. The Morgan fingerprint density at radius 3 is 2.44 bits per heavy atom. The van der Waals surface area contributed by atoms with Crippen molar-refractivity contribution in [2.45, 2.75) is 29.9 Å². The second-order valence-corrected chi connectivity index (χ2v) is 7.78. The van der Waals surface area contributed by atoms with Crippen LogP contribution in [0.2, 0.25) is 0 Å². The third-order valence-electron chi connectivity index (χ3n) is 4.68. The molecule has 1 aliphatic rings. The molecule has 5 heteroatoms. The summed E-state index contributed by atoms with van der Waals surface area (Å²) in [6.45, 7) is 3.31. The molecule has 0 spiro atoms. The summed E-state index contributed by atoms with van der Waals surface area (Å²) in [5.74, 6) is -0.355. The number of ether oxygens (including phenoxy) is 1. The third kappa shape index (κ3) is 5.13. The number of piperidine rings is 1. The summed E-state index contributed by atoms with van der Waals surface area (Å²) in [6.07, 6.45) is 1.61. The summed E-state index contributed by atoms with van der Waals surface area (Å²) in [6, 6.07) is 19.8. The van der Waals surface area contributed by atoms with Gasteiger partial charge in [-0.25, -0.2) is 0 Å². The van der Waals surface area contributed by atoms with Crippen LogP contribution in [-0.2, 0) is 14.3 Å². The summed E-state index contributed by atoms with van der Waals surface area (Å²) in [5.41, 5.74) is 0.981. The normalized spacial score (nSPS) is 18.0. The highest BCUT2D eigenvalue weighted by Gasteiger charge is 2.33. The molecule has 1 aliphatic heterocycles. The molecule has 2 unspecified atom stereocenters. The van der Waals surface area contributed by atoms with Crippen molar-refractivity contribution in [3.8, 4) is 0 Å². The average molecular weight is 384 g/mol. The van der Waals surface area contributed by atoms with E-state index in [1.54, 1.807) is 11.8 Å². The van der Waals surface area contributed by atoms with Gasteiger partial charge in [0, 0.05) is 18.0 Å². The quantitative estimate of drug-likeness (QED) is 0.550. The van der Waals surface area contributed by atoms with Crippen molar-refractivity contribution in [1.29, 1.82) is 0 Å². The Hall–Kier alpha value is -2.27. The van der Waals surface area contributed by atoms with E-state index in [2.05, 4.69) is 0 Å². The van der Waals surface area contributed by atoms with Crippen LogP contribution >= 0.6 is 11.8 Å². The van der Waals surface area contributed by atoms with Crippen molar-refractivity contribution >= 4 is 23.6 Å². The van der Waals surface area contributed by atoms with Crippen LogP contribution in [0.15, 0.2) is 65.6 Å². The lowest BCUT2D eigenvalue weighted by Crippen LogP contribution is -2.44. The van der Waals surface area contributed by atoms with Gasteiger partial charge in [0.25, 0.3) is 0 Å². The first kappa shape index (κ1) is 19.5. The standard InChI is InChI=1S/C22H25NO3S/c1-2-26-22(25)18-12-9-15-23(16-18)21(24)20(17-10-5-3-6-11-17)27-19-13-7-4-8-14-19/h3-8,10-11,13-14,18,20H,2,9,12,15-16H2,1H3. The number of rotatable bonds is 6. The molecular formula is C22H25NO3S. The first-order chi connectivity index (χ1) is 13.2. The number of likely N-dealkylation sites (tertiary alicyclic amines) is 1. The average Bonchev–Trinajstić information content (AvgIpc) is 2.73. The van der Waals surface area contributed by atoms with Crippen molar-refractivity contribution in [3.05, 3.63) is 66.2 Å². The fourth-order valence-electron chi connectivity index (χ4n) is 3.32. The van der Waals surface area contributed by atoms with Crippen LogP contribution in [0.1, 0.15) is 30.6 Å². The highest BCUT2D eigenvalue weighted by atomic mass is 32.2. The fraction of sp³-hybridized carbons (Fsp3) is 0.364. The number of carbonyl (C=O) groups is 2. The number of hydrogen-bond donors (Lipinski definition) is 0. The molecule has 0 saturated carbocycles. The highest BCUT2D eigenvalue weighted by molar-refractivity contribution is 8.00. The summed E-state index contributed by atoms with van der Waals surface area (Å²) in [4.78, 5) is 28.4. The molecule has 0 bridgehead atoms. The smallest absolute Gasteiger partial charge is 0.310 e. The number of hydrogen-bond acceptors (Lipinski definition) is 4. The predicted octanol–water partition coefficient (Wildman–Crippen LogP) is 4.32. The minimum Gasteiger partial charge on any atom is -0.466 e. The predicted molar refractivity (Wildman–Crippen MR) is 107 cm³/mol. The Balaban J connectivity index is 1.79. The van der Waals surface area contributed by atoms with Crippen LogP contribution in [0.3, 0.4) is 0 Å². The van der Waals surface area contributed by atoms with Gasteiger partial charge in [0.2, 0.25) is 5.91 Å². The molecule has 142 valence electrons. The second-order valence-electron chi connectivity index (χ2n) is 6.60. The first-order valence-corrected chi connectivity index (χ1v) is 10.3. The van der Waals surface area contributed by atoms with Crippen LogP contribution in [0.4, 0.5) is 0 Å². The lowest BCUT2D eigenvalue weighted by molar-refractivity contribution is -0.151. The zero-order valence-corrected chi connectivity index (χ0v) is 16.4.